The molecule has 0 radical (unpaired) electrons. The first-order valence-electron chi connectivity index (χ1n) is 17.2. The third-order valence-corrected chi connectivity index (χ3v) is 13.6. The lowest BCUT2D eigenvalue weighted by Gasteiger charge is -2.62. The van der Waals surface area contributed by atoms with Gasteiger partial charge in [0.05, 0.1) is 31.8 Å². The third kappa shape index (κ3) is 4.74. The van der Waals surface area contributed by atoms with E-state index in [4.69, 9.17) is 13.9 Å². The molecule has 224 valence electrons. The first kappa shape index (κ1) is 27.9. The number of hydrogen-bond donors (Lipinski definition) is 0. The first-order valence-corrected chi connectivity index (χ1v) is 17.2. The zero-order valence-electron chi connectivity index (χ0n) is 25.6. The van der Waals surface area contributed by atoms with Crippen LogP contribution in [0.25, 0.3) is 0 Å². The summed E-state index contributed by atoms with van der Waals surface area (Å²) in [7, 11) is 0. The molecule has 0 unspecified atom stereocenters. The quantitative estimate of drug-likeness (QED) is 0.326. The lowest BCUT2D eigenvalue weighted by molar-refractivity contribution is -0.185. The second-order valence-electron chi connectivity index (χ2n) is 15.2. The zero-order chi connectivity index (χ0) is 27.2. The van der Waals surface area contributed by atoms with Crippen LogP contribution in [0.5, 0.6) is 0 Å². The lowest BCUT2D eigenvalue weighted by atomic mass is 9.44. The highest BCUT2D eigenvalue weighted by atomic mass is 16.5. The summed E-state index contributed by atoms with van der Waals surface area (Å²) < 4.78 is 19.4. The number of furan rings is 1. The van der Waals surface area contributed by atoms with Crippen molar-refractivity contribution in [3.05, 3.63) is 24.2 Å². The summed E-state index contributed by atoms with van der Waals surface area (Å²) in [6, 6.07) is 2.22. The van der Waals surface area contributed by atoms with Crippen LogP contribution in [0.15, 0.2) is 23.0 Å². The van der Waals surface area contributed by atoms with E-state index in [1.807, 2.05) is 12.5 Å². The van der Waals surface area contributed by atoms with Gasteiger partial charge in [0.15, 0.2) is 0 Å². The van der Waals surface area contributed by atoms with Crippen LogP contribution in [0.4, 0.5) is 0 Å². The van der Waals surface area contributed by atoms with Gasteiger partial charge in [-0.15, -0.1) is 0 Å². The second-order valence-corrected chi connectivity index (χ2v) is 15.2. The Labute approximate surface area is 243 Å². The van der Waals surface area contributed by atoms with Gasteiger partial charge in [0.2, 0.25) is 0 Å². The summed E-state index contributed by atoms with van der Waals surface area (Å²) in [6.45, 7) is 14.4. The molecule has 0 aromatic carbocycles. The molecule has 0 N–H and O–H groups in total. The average Bonchev–Trinajstić information content (AvgIpc) is 3.77. The van der Waals surface area contributed by atoms with Crippen molar-refractivity contribution >= 4 is 0 Å². The van der Waals surface area contributed by atoms with Crippen molar-refractivity contribution in [1.82, 2.24) is 9.80 Å². The van der Waals surface area contributed by atoms with Gasteiger partial charge in [0, 0.05) is 24.1 Å². The highest BCUT2D eigenvalue weighted by Crippen LogP contribution is 2.71. The van der Waals surface area contributed by atoms with Gasteiger partial charge >= 0.3 is 0 Å². The van der Waals surface area contributed by atoms with Crippen LogP contribution in [0.2, 0.25) is 0 Å². The number of fused-ring (bicyclic) bond motifs is 5. The van der Waals surface area contributed by atoms with E-state index in [0.717, 1.165) is 56.4 Å². The molecule has 0 spiro atoms. The van der Waals surface area contributed by atoms with E-state index in [-0.39, 0.29) is 11.0 Å². The van der Waals surface area contributed by atoms with Crippen molar-refractivity contribution in [2.24, 2.45) is 34.5 Å². The minimum Gasteiger partial charge on any atom is -0.472 e. The Hall–Kier alpha value is -0.880. The molecule has 5 heteroatoms. The smallest absolute Gasteiger partial charge is 0.102 e. The Bertz CT molecular complexity index is 971. The van der Waals surface area contributed by atoms with Crippen LogP contribution in [-0.4, -0.2) is 68.4 Å². The van der Waals surface area contributed by atoms with Gasteiger partial charge in [-0.05, 0) is 145 Å². The van der Waals surface area contributed by atoms with Gasteiger partial charge in [-0.3, -0.25) is 0 Å². The van der Waals surface area contributed by atoms with Crippen LogP contribution >= 0.6 is 0 Å². The van der Waals surface area contributed by atoms with Crippen molar-refractivity contribution < 1.29 is 13.9 Å². The van der Waals surface area contributed by atoms with E-state index in [1.165, 1.54) is 109 Å². The molecule has 3 heterocycles. The average molecular weight is 553 g/mol. The van der Waals surface area contributed by atoms with E-state index < -0.39 is 0 Å². The Morgan fingerprint density at radius 1 is 0.825 bits per heavy atom. The van der Waals surface area contributed by atoms with Crippen LogP contribution in [-0.2, 0) is 15.1 Å². The Morgan fingerprint density at radius 3 is 2.27 bits per heavy atom. The molecule has 0 amide bonds. The van der Waals surface area contributed by atoms with E-state index in [9.17, 15) is 0 Å². The number of ether oxygens (including phenoxy) is 2. The highest BCUT2D eigenvalue weighted by molar-refractivity contribution is 5.27. The minimum absolute atomic E-state index is 0.187. The molecule has 0 bridgehead atoms. The first-order chi connectivity index (χ1) is 19.5. The molecule has 8 atom stereocenters. The van der Waals surface area contributed by atoms with E-state index >= 15 is 0 Å². The fourth-order valence-corrected chi connectivity index (χ4v) is 11.4. The molecule has 1 aromatic heterocycles. The second kappa shape index (κ2) is 11.3. The molecular formula is C35H56N2O3. The fraction of sp³-hybridized carbons (Fsp3) is 0.886. The summed E-state index contributed by atoms with van der Waals surface area (Å²) in [5.41, 5.74) is 1.82. The normalized spacial score (nSPS) is 44.0. The molecule has 40 heavy (non-hydrogen) atoms. The molecule has 1 aromatic rings. The summed E-state index contributed by atoms with van der Waals surface area (Å²) in [5.74, 6) is 3.34. The minimum atomic E-state index is -0.187. The lowest BCUT2D eigenvalue weighted by Crippen LogP contribution is -2.56. The van der Waals surface area contributed by atoms with Crippen molar-refractivity contribution in [2.75, 3.05) is 52.5 Å². The third-order valence-electron chi connectivity index (χ3n) is 13.6. The molecule has 2 aliphatic heterocycles. The number of rotatable bonds is 9. The molecule has 5 nitrogen and oxygen atoms in total. The monoisotopic (exact) mass is 552 g/mol. The van der Waals surface area contributed by atoms with Gasteiger partial charge in [0.1, 0.15) is 5.60 Å². The number of nitrogens with zero attached hydrogens (tertiary/aromatic N) is 2. The van der Waals surface area contributed by atoms with Crippen LogP contribution in [0.3, 0.4) is 0 Å². The van der Waals surface area contributed by atoms with Gasteiger partial charge in [-0.1, -0.05) is 13.8 Å². The summed E-state index contributed by atoms with van der Waals surface area (Å²) in [6.07, 6.45) is 21.8. The molecule has 6 fully saturated rings. The van der Waals surface area contributed by atoms with Crippen molar-refractivity contribution in [3.63, 3.8) is 0 Å². The summed E-state index contributed by atoms with van der Waals surface area (Å²) in [4.78, 5) is 5.20. The largest absolute Gasteiger partial charge is 0.472 e. The van der Waals surface area contributed by atoms with Gasteiger partial charge < -0.3 is 23.7 Å². The Balaban J connectivity index is 1.03. The molecular weight excluding hydrogens is 496 g/mol. The van der Waals surface area contributed by atoms with Crippen molar-refractivity contribution in [2.45, 2.75) is 109 Å². The predicted octanol–water partition coefficient (Wildman–Crippen LogP) is 7.11. The zero-order valence-corrected chi connectivity index (χ0v) is 25.6. The molecule has 4 saturated carbocycles. The molecule has 6 aliphatic rings. The van der Waals surface area contributed by atoms with Gasteiger partial charge in [-0.2, -0.15) is 0 Å². The Morgan fingerprint density at radius 2 is 1.55 bits per heavy atom. The summed E-state index contributed by atoms with van der Waals surface area (Å²) >= 11 is 0. The van der Waals surface area contributed by atoms with Crippen LogP contribution < -0.4 is 0 Å². The molecule has 2 saturated heterocycles. The fourth-order valence-electron chi connectivity index (χ4n) is 11.4. The van der Waals surface area contributed by atoms with Crippen molar-refractivity contribution in [3.8, 4) is 0 Å². The SMILES string of the molecule is C[C@]12CC[C@H](OCCN3CCCC3)C[C@H]1CC[C@@H]1[C@@H]2CC[C@@]2(C)[C@H]1CC[C@]2(OCCN1CCCC1)c1ccoc1. The highest BCUT2D eigenvalue weighted by Gasteiger charge is 2.66. The number of likely N-dealkylation sites (tertiary alicyclic amines) is 2. The molecule has 7 rings (SSSR count). The van der Waals surface area contributed by atoms with Crippen LogP contribution in [0, 0.1) is 34.5 Å². The van der Waals surface area contributed by atoms with Gasteiger partial charge in [0.25, 0.3) is 0 Å². The standard InChI is InChI=1S/C35H56N2O3/c1-33-13-9-29(39-23-20-36-16-3-4-17-36)25-27(33)7-8-30-31(33)10-14-34(2)32(30)11-15-35(34,28-12-22-38-26-28)40-24-21-37-18-5-6-19-37/h12,22,26-27,29-32H,3-11,13-21,23-25H2,1-2H3/t27-,29+,30-,31+,32+,33+,34+,35+/m1/s1. The maximum atomic E-state index is 7.15. The Kier molecular flexibility index (Phi) is 7.90. The maximum Gasteiger partial charge on any atom is 0.102 e. The van der Waals surface area contributed by atoms with E-state index in [2.05, 4.69) is 29.7 Å². The topological polar surface area (TPSA) is 38.1 Å². The summed E-state index contributed by atoms with van der Waals surface area (Å²) in [5, 5.41) is 0. The number of hydrogen-bond acceptors (Lipinski definition) is 5. The van der Waals surface area contributed by atoms with E-state index in [0.29, 0.717) is 11.5 Å². The van der Waals surface area contributed by atoms with Crippen molar-refractivity contribution in [1.29, 1.82) is 0 Å². The van der Waals surface area contributed by atoms with Gasteiger partial charge in [-0.25, -0.2) is 0 Å². The van der Waals surface area contributed by atoms with Crippen LogP contribution in [0.1, 0.15) is 103 Å². The van der Waals surface area contributed by atoms with E-state index in [1.54, 1.807) is 0 Å². The predicted molar refractivity (Wildman–Crippen MR) is 159 cm³/mol. The molecule has 4 aliphatic carbocycles. The maximum absolute atomic E-state index is 7.15.